The van der Waals surface area contributed by atoms with E-state index in [2.05, 4.69) is 34.3 Å². The summed E-state index contributed by atoms with van der Waals surface area (Å²) >= 11 is 0. The van der Waals surface area contributed by atoms with Gasteiger partial charge in [0.25, 0.3) is 0 Å². The highest BCUT2D eigenvalue weighted by atomic mass is 28.2. The van der Waals surface area contributed by atoms with Crippen LogP contribution in [0.2, 0.25) is 0 Å². The van der Waals surface area contributed by atoms with Crippen LogP contribution in [0, 0.1) is 11.6 Å². The molecule has 5 rings (SSSR count). The van der Waals surface area contributed by atoms with E-state index in [9.17, 15) is 8.78 Å². The fraction of sp³-hybridized carbons (Fsp3) is 0.103. The molecule has 4 aromatic carbocycles. The smallest absolute Gasteiger partial charge is 0.137 e. The minimum absolute atomic E-state index is 0.0163. The van der Waals surface area contributed by atoms with Crippen molar-refractivity contribution >= 4 is 17.4 Å². The van der Waals surface area contributed by atoms with E-state index in [1.54, 1.807) is 30.6 Å². The average Bonchev–Trinajstić information content (AvgIpc) is 3.45. The molecule has 36 heavy (non-hydrogen) atoms. The molecule has 0 aliphatic carbocycles. The van der Waals surface area contributed by atoms with E-state index in [1.807, 2.05) is 41.1 Å². The van der Waals surface area contributed by atoms with Crippen LogP contribution in [0.4, 0.5) is 8.78 Å². The summed E-state index contributed by atoms with van der Waals surface area (Å²) in [5.74, 6) is -0.517. The first-order valence-electron chi connectivity index (χ1n) is 11.8. The first-order valence-corrected chi connectivity index (χ1v) is 13.6. The van der Waals surface area contributed by atoms with E-state index in [4.69, 9.17) is 7.85 Å². The number of hydrogen-bond acceptors (Lipinski definition) is 2. The summed E-state index contributed by atoms with van der Waals surface area (Å²) in [6.07, 6.45) is 4.03. The van der Waals surface area contributed by atoms with E-state index in [0.717, 1.165) is 28.4 Å². The van der Waals surface area contributed by atoms with Crippen molar-refractivity contribution in [1.82, 2.24) is 14.8 Å². The van der Waals surface area contributed by atoms with Gasteiger partial charge in [-0.1, -0.05) is 84.9 Å². The lowest BCUT2D eigenvalue weighted by Gasteiger charge is -2.17. The molecule has 0 saturated heterocycles. The normalized spacial score (nSPS) is 11.1. The van der Waals surface area contributed by atoms with Crippen molar-refractivity contribution in [3.05, 3.63) is 156 Å². The van der Waals surface area contributed by atoms with Crippen LogP contribution >= 0.6 is 0 Å². The van der Waals surface area contributed by atoms with Crippen molar-refractivity contribution in [3.63, 3.8) is 0 Å². The summed E-state index contributed by atoms with van der Waals surface area (Å²) < 4.78 is 28.1. The molecule has 1 aromatic heterocycles. The van der Waals surface area contributed by atoms with E-state index in [0.29, 0.717) is 0 Å². The lowest BCUT2D eigenvalue weighted by Crippen LogP contribution is -2.17. The molecule has 0 fully saturated rings. The molecule has 0 spiro atoms. The second-order valence-corrected chi connectivity index (χ2v) is 10.2. The zero-order valence-electron chi connectivity index (χ0n) is 19.8. The molecule has 0 aliphatic heterocycles. The molecule has 0 atom stereocenters. The van der Waals surface area contributed by atoms with Crippen LogP contribution in [0.3, 0.4) is 0 Å². The van der Waals surface area contributed by atoms with Crippen molar-refractivity contribution in [2.45, 2.75) is 17.5 Å². The van der Waals surface area contributed by atoms with Gasteiger partial charge in [-0.2, -0.15) is 5.10 Å². The van der Waals surface area contributed by atoms with Crippen molar-refractivity contribution in [2.24, 2.45) is 0 Å². The average molecular weight is 493 g/mol. The molecule has 5 aromatic rings. The van der Waals surface area contributed by atoms with Crippen LogP contribution in [0.5, 0.6) is 0 Å². The Labute approximate surface area is 214 Å². The van der Waals surface area contributed by atoms with Crippen molar-refractivity contribution < 1.29 is 8.78 Å². The molecular formula is C29H26BF2N3Si. The molecule has 0 aliphatic rings. The van der Waals surface area contributed by atoms with Crippen LogP contribution in [-0.2, 0) is 6.17 Å². The Morgan fingerprint density at radius 3 is 1.56 bits per heavy atom. The first kappa shape index (κ1) is 25.3. The predicted octanol–water partition coefficient (Wildman–Crippen LogP) is 5.42. The maximum atomic E-state index is 13.2. The van der Waals surface area contributed by atoms with Gasteiger partial charge in [-0.25, -0.2) is 13.8 Å². The molecular weight excluding hydrogens is 467 g/mol. The summed E-state index contributed by atoms with van der Waals surface area (Å²) in [5, 5.41) is 4.12. The zero-order chi connectivity index (χ0) is 25.2. The highest BCUT2D eigenvalue weighted by Gasteiger charge is 2.15. The standard InChI is InChI=1S/C16H15F2N3Si.C13H11B/c17-14-5-1-12(2-6-14)16(13-3-7-15(18)8-4-13)22-11-21-10-19-9-20-21;14-13(11-7-3-1-4-8-11)12-9-5-2-6-10-12/h1-10,16H,11,22H2;1-10,13H. The maximum absolute atomic E-state index is 13.2. The Morgan fingerprint density at radius 1 is 0.667 bits per heavy atom. The fourth-order valence-electron chi connectivity index (χ4n) is 4.04. The second kappa shape index (κ2) is 12.7. The summed E-state index contributed by atoms with van der Waals surface area (Å²) in [4.78, 5) is 3.94. The third-order valence-electron chi connectivity index (χ3n) is 5.98. The SMILES string of the molecule is Fc1ccc(C([SiH2]Cn2cncn2)c2ccc(F)cc2)cc1.[B]C(c1ccccc1)c1ccccc1. The zero-order valence-corrected chi connectivity index (χ0v) is 21.2. The Hall–Kier alpha value is -3.84. The van der Waals surface area contributed by atoms with Gasteiger partial charge in [-0.05, 0) is 57.9 Å². The second-order valence-electron chi connectivity index (χ2n) is 8.40. The minimum Gasteiger partial charge on any atom is -0.257 e. The van der Waals surface area contributed by atoms with Gasteiger partial charge in [0.2, 0.25) is 0 Å². The molecule has 2 radical (unpaired) electrons. The molecule has 1 heterocycles. The van der Waals surface area contributed by atoms with E-state index in [-0.39, 0.29) is 23.0 Å². The van der Waals surface area contributed by atoms with Gasteiger partial charge in [-0.3, -0.25) is 4.68 Å². The molecule has 0 unspecified atom stereocenters. The van der Waals surface area contributed by atoms with Crippen LogP contribution in [0.25, 0.3) is 0 Å². The molecule has 3 nitrogen and oxygen atoms in total. The first-order chi connectivity index (χ1) is 17.6. The lowest BCUT2D eigenvalue weighted by atomic mass is 9.76. The van der Waals surface area contributed by atoms with Crippen LogP contribution in [0.15, 0.2) is 122 Å². The van der Waals surface area contributed by atoms with Gasteiger partial charge in [-0.15, -0.1) is 0 Å². The van der Waals surface area contributed by atoms with E-state index in [1.165, 1.54) is 30.6 Å². The number of aromatic nitrogens is 3. The number of benzene rings is 4. The summed E-state index contributed by atoms with van der Waals surface area (Å²) in [6, 6.07) is 33.3. The van der Waals surface area contributed by atoms with Gasteiger partial charge < -0.3 is 0 Å². The largest absolute Gasteiger partial charge is 0.257 e. The van der Waals surface area contributed by atoms with Gasteiger partial charge in [0.1, 0.15) is 24.3 Å². The molecule has 0 saturated carbocycles. The van der Waals surface area contributed by atoms with Crippen LogP contribution in [-0.4, -0.2) is 32.1 Å². The van der Waals surface area contributed by atoms with E-state index < -0.39 is 9.52 Å². The summed E-state index contributed by atoms with van der Waals surface area (Å²) in [5.41, 5.74) is 4.60. The Bertz CT molecular complexity index is 1220. The van der Waals surface area contributed by atoms with Crippen LogP contribution < -0.4 is 0 Å². The van der Waals surface area contributed by atoms with Crippen molar-refractivity contribution in [2.75, 3.05) is 0 Å². The minimum atomic E-state index is -0.649. The highest BCUT2D eigenvalue weighted by Crippen LogP contribution is 2.24. The maximum Gasteiger partial charge on any atom is 0.137 e. The molecule has 7 heteroatoms. The van der Waals surface area contributed by atoms with Gasteiger partial charge in [0, 0.05) is 6.17 Å². The number of nitrogens with zero attached hydrogens (tertiary/aromatic N) is 3. The fourth-order valence-corrected chi connectivity index (χ4v) is 6.00. The summed E-state index contributed by atoms with van der Waals surface area (Å²) in [6.45, 7) is 0. The predicted molar refractivity (Wildman–Crippen MR) is 144 cm³/mol. The lowest BCUT2D eigenvalue weighted by molar-refractivity contribution is 0.626. The van der Waals surface area contributed by atoms with Gasteiger partial charge in [0.05, 0.1) is 17.4 Å². The Balaban J connectivity index is 0.000000187. The van der Waals surface area contributed by atoms with Crippen LogP contribution in [0.1, 0.15) is 33.6 Å². The molecule has 0 bridgehead atoms. The number of hydrogen-bond donors (Lipinski definition) is 0. The highest BCUT2D eigenvalue weighted by molar-refractivity contribution is 6.37. The Kier molecular flexibility index (Phi) is 8.94. The van der Waals surface area contributed by atoms with Gasteiger partial charge in [0.15, 0.2) is 0 Å². The molecule has 0 amide bonds. The van der Waals surface area contributed by atoms with Crippen molar-refractivity contribution in [1.29, 1.82) is 0 Å². The van der Waals surface area contributed by atoms with E-state index >= 15 is 0 Å². The number of halogens is 2. The topological polar surface area (TPSA) is 30.7 Å². The Morgan fingerprint density at radius 2 is 1.14 bits per heavy atom. The molecule has 0 N–H and O–H groups in total. The quantitative estimate of drug-likeness (QED) is 0.284. The molecule has 178 valence electrons. The monoisotopic (exact) mass is 493 g/mol. The third-order valence-corrected chi connectivity index (χ3v) is 8.21. The van der Waals surface area contributed by atoms with Gasteiger partial charge >= 0.3 is 0 Å². The number of rotatable bonds is 7. The summed E-state index contributed by atoms with van der Waals surface area (Å²) in [7, 11) is 5.47. The third kappa shape index (κ3) is 7.09. The van der Waals surface area contributed by atoms with Crippen molar-refractivity contribution in [3.8, 4) is 0 Å².